The molecule has 0 saturated heterocycles. The fraction of sp³-hybridized carbons (Fsp3) is 0.462. The zero-order valence-corrected chi connectivity index (χ0v) is 11.2. The summed E-state index contributed by atoms with van der Waals surface area (Å²) in [7, 11) is 3.70. The van der Waals surface area contributed by atoms with Gasteiger partial charge in [0.25, 0.3) is 6.26 Å². The molecule has 1 rings (SSSR count). The van der Waals surface area contributed by atoms with Crippen molar-refractivity contribution in [1.82, 2.24) is 10.6 Å². The second-order valence-electron chi connectivity index (χ2n) is 3.74. The third kappa shape index (κ3) is 5.95. The predicted octanol–water partition coefficient (Wildman–Crippen LogP) is 0.743. The number of ether oxygens (including phenoxy) is 3. The maximum absolute atomic E-state index is 8.56. The standard InChI is InChI=1S/C13H19N3O3/c1-15-3-5-17-11-7-12(18-6-4-16-2)9-13(8-11)19-10-14/h7-9,15-16H,3-6H2,1-2H3. The molecule has 0 amide bonds. The van der Waals surface area contributed by atoms with Crippen LogP contribution >= 0.6 is 0 Å². The lowest BCUT2D eigenvalue weighted by atomic mass is 10.3. The molecule has 0 saturated carbocycles. The third-order valence-corrected chi connectivity index (χ3v) is 2.26. The van der Waals surface area contributed by atoms with Gasteiger partial charge in [-0.05, 0) is 14.1 Å². The van der Waals surface area contributed by atoms with Gasteiger partial charge in [-0.1, -0.05) is 0 Å². The van der Waals surface area contributed by atoms with E-state index < -0.39 is 0 Å². The number of likely N-dealkylation sites (N-methyl/N-ethyl adjacent to an activating group) is 2. The van der Waals surface area contributed by atoms with E-state index in [9.17, 15) is 0 Å². The normalized spacial score (nSPS) is 9.74. The number of hydrogen-bond donors (Lipinski definition) is 2. The average molecular weight is 265 g/mol. The van der Waals surface area contributed by atoms with Gasteiger partial charge in [0.15, 0.2) is 0 Å². The fourth-order valence-electron chi connectivity index (χ4n) is 1.37. The van der Waals surface area contributed by atoms with Crippen LogP contribution in [0.3, 0.4) is 0 Å². The minimum atomic E-state index is 0.406. The molecule has 0 spiro atoms. The molecule has 6 nitrogen and oxygen atoms in total. The molecule has 0 atom stereocenters. The van der Waals surface area contributed by atoms with E-state index in [1.54, 1.807) is 24.5 Å². The van der Waals surface area contributed by atoms with Gasteiger partial charge in [0.05, 0.1) is 0 Å². The van der Waals surface area contributed by atoms with Crippen molar-refractivity contribution >= 4 is 0 Å². The van der Waals surface area contributed by atoms with E-state index in [2.05, 4.69) is 10.6 Å². The van der Waals surface area contributed by atoms with E-state index in [4.69, 9.17) is 19.5 Å². The van der Waals surface area contributed by atoms with Gasteiger partial charge in [-0.3, -0.25) is 0 Å². The summed E-state index contributed by atoms with van der Waals surface area (Å²) in [6.45, 7) is 2.53. The van der Waals surface area contributed by atoms with Crippen molar-refractivity contribution in [3.63, 3.8) is 0 Å². The molecule has 0 aliphatic carbocycles. The molecule has 2 N–H and O–H groups in total. The second kappa shape index (κ2) is 9.03. The van der Waals surface area contributed by atoms with Gasteiger partial charge in [-0.2, -0.15) is 0 Å². The summed E-state index contributed by atoms with van der Waals surface area (Å²) in [5, 5.41) is 14.5. The number of rotatable bonds is 9. The molecular weight excluding hydrogens is 246 g/mol. The summed E-state index contributed by atoms with van der Waals surface area (Å²) in [4.78, 5) is 0. The number of hydrogen-bond acceptors (Lipinski definition) is 6. The van der Waals surface area contributed by atoms with Crippen molar-refractivity contribution in [3.8, 4) is 23.5 Å². The topological polar surface area (TPSA) is 75.5 Å². The zero-order valence-electron chi connectivity index (χ0n) is 11.2. The Morgan fingerprint density at radius 1 is 0.947 bits per heavy atom. The van der Waals surface area contributed by atoms with E-state index in [1.165, 1.54) is 0 Å². The highest BCUT2D eigenvalue weighted by Crippen LogP contribution is 2.27. The molecule has 1 aromatic rings. The van der Waals surface area contributed by atoms with Crippen molar-refractivity contribution in [2.45, 2.75) is 0 Å². The predicted molar refractivity (Wildman–Crippen MR) is 71.5 cm³/mol. The van der Waals surface area contributed by atoms with Crippen molar-refractivity contribution in [3.05, 3.63) is 18.2 Å². The zero-order chi connectivity index (χ0) is 13.9. The fourth-order valence-corrected chi connectivity index (χ4v) is 1.37. The molecule has 0 aromatic heterocycles. The van der Waals surface area contributed by atoms with Crippen LogP contribution in [0.2, 0.25) is 0 Å². The summed E-state index contributed by atoms with van der Waals surface area (Å²) in [6.07, 6.45) is 1.64. The van der Waals surface area contributed by atoms with Crippen molar-refractivity contribution in [2.24, 2.45) is 0 Å². The van der Waals surface area contributed by atoms with Gasteiger partial charge in [-0.15, -0.1) is 5.26 Å². The van der Waals surface area contributed by atoms with Crippen molar-refractivity contribution in [2.75, 3.05) is 40.4 Å². The minimum absolute atomic E-state index is 0.406. The minimum Gasteiger partial charge on any atom is -0.492 e. The van der Waals surface area contributed by atoms with Gasteiger partial charge in [0.1, 0.15) is 30.5 Å². The van der Waals surface area contributed by atoms with Crippen LogP contribution in [0.1, 0.15) is 0 Å². The molecule has 0 heterocycles. The largest absolute Gasteiger partial charge is 0.492 e. The molecule has 19 heavy (non-hydrogen) atoms. The van der Waals surface area contributed by atoms with Crippen LogP contribution in [-0.4, -0.2) is 40.4 Å². The van der Waals surface area contributed by atoms with E-state index in [0.29, 0.717) is 30.5 Å². The number of nitriles is 1. The van der Waals surface area contributed by atoms with Crippen LogP contribution in [0.15, 0.2) is 18.2 Å². The van der Waals surface area contributed by atoms with Crippen LogP contribution in [0, 0.1) is 11.5 Å². The Kier molecular flexibility index (Phi) is 7.17. The van der Waals surface area contributed by atoms with E-state index in [-0.39, 0.29) is 0 Å². The Bertz CT molecular complexity index is 390. The molecule has 1 aromatic carbocycles. The Labute approximate surface area is 113 Å². The monoisotopic (exact) mass is 265 g/mol. The Hall–Kier alpha value is -1.97. The molecule has 6 heteroatoms. The Morgan fingerprint density at radius 2 is 1.42 bits per heavy atom. The van der Waals surface area contributed by atoms with Crippen LogP contribution in [0.5, 0.6) is 17.2 Å². The van der Waals surface area contributed by atoms with Crippen LogP contribution in [0.25, 0.3) is 0 Å². The van der Waals surface area contributed by atoms with Gasteiger partial charge in [-0.25, -0.2) is 0 Å². The lowest BCUT2D eigenvalue weighted by Gasteiger charge is -2.11. The lowest BCUT2D eigenvalue weighted by Crippen LogP contribution is -2.16. The van der Waals surface area contributed by atoms with Gasteiger partial charge in [0, 0.05) is 31.3 Å². The maximum atomic E-state index is 8.56. The highest BCUT2D eigenvalue weighted by atomic mass is 16.5. The van der Waals surface area contributed by atoms with Gasteiger partial charge >= 0.3 is 0 Å². The highest BCUT2D eigenvalue weighted by molar-refractivity contribution is 5.42. The lowest BCUT2D eigenvalue weighted by molar-refractivity contribution is 0.300. The third-order valence-electron chi connectivity index (χ3n) is 2.26. The molecule has 0 bridgehead atoms. The first-order chi connectivity index (χ1) is 9.30. The Balaban J connectivity index is 2.69. The molecule has 0 radical (unpaired) electrons. The summed E-state index contributed by atoms with van der Waals surface area (Å²) < 4.78 is 15.9. The van der Waals surface area contributed by atoms with Gasteiger partial charge < -0.3 is 24.8 Å². The summed E-state index contributed by atoms with van der Waals surface area (Å²) in [5.74, 6) is 1.63. The summed E-state index contributed by atoms with van der Waals surface area (Å²) in [5.41, 5.74) is 0. The molecule has 104 valence electrons. The highest BCUT2D eigenvalue weighted by Gasteiger charge is 2.04. The number of nitrogens with one attached hydrogen (secondary N) is 2. The quantitative estimate of drug-likeness (QED) is 0.507. The smallest absolute Gasteiger partial charge is 0.292 e. The summed E-state index contributed by atoms with van der Waals surface area (Å²) in [6, 6.07) is 5.09. The van der Waals surface area contributed by atoms with Crippen molar-refractivity contribution in [1.29, 1.82) is 5.26 Å². The first kappa shape index (κ1) is 15.1. The van der Waals surface area contributed by atoms with E-state index in [0.717, 1.165) is 13.1 Å². The number of benzene rings is 1. The first-order valence-electron chi connectivity index (χ1n) is 6.06. The summed E-state index contributed by atoms with van der Waals surface area (Å²) >= 11 is 0. The SMILES string of the molecule is CNCCOc1cc(OC#N)cc(OCCNC)c1. The maximum Gasteiger partial charge on any atom is 0.292 e. The van der Waals surface area contributed by atoms with Crippen molar-refractivity contribution < 1.29 is 14.2 Å². The van der Waals surface area contributed by atoms with Crippen LogP contribution < -0.4 is 24.8 Å². The molecule has 0 aliphatic rings. The van der Waals surface area contributed by atoms with E-state index in [1.807, 2.05) is 14.1 Å². The molecular formula is C13H19N3O3. The van der Waals surface area contributed by atoms with Crippen LogP contribution in [-0.2, 0) is 0 Å². The second-order valence-corrected chi connectivity index (χ2v) is 3.74. The van der Waals surface area contributed by atoms with E-state index >= 15 is 0 Å². The van der Waals surface area contributed by atoms with Gasteiger partial charge in [0.2, 0.25) is 0 Å². The molecule has 0 unspecified atom stereocenters. The average Bonchev–Trinajstić information content (AvgIpc) is 2.40. The Morgan fingerprint density at radius 3 is 1.84 bits per heavy atom. The molecule has 0 fully saturated rings. The first-order valence-corrected chi connectivity index (χ1v) is 6.06. The van der Waals surface area contributed by atoms with Crippen LogP contribution in [0.4, 0.5) is 0 Å². The molecule has 0 aliphatic heterocycles. The number of nitrogens with zero attached hydrogens (tertiary/aromatic N) is 1.